The van der Waals surface area contributed by atoms with Gasteiger partial charge in [-0.3, -0.25) is 32.5 Å². The molecule has 0 aromatic heterocycles. The summed E-state index contributed by atoms with van der Waals surface area (Å²) in [6.07, 6.45) is 88.0. The van der Waals surface area contributed by atoms with Crippen molar-refractivity contribution in [1.29, 1.82) is 0 Å². The molecular weight excluding hydrogens is 1290 g/mol. The van der Waals surface area contributed by atoms with Gasteiger partial charge in [-0.25, -0.2) is 9.13 Å². The molecule has 0 aliphatic carbocycles. The zero-order chi connectivity index (χ0) is 72.3. The van der Waals surface area contributed by atoms with Gasteiger partial charge in [0.2, 0.25) is 0 Å². The average molecular weight is 1430 g/mol. The van der Waals surface area contributed by atoms with Crippen LogP contribution in [0.2, 0.25) is 0 Å². The Bertz CT molecular complexity index is 2330. The minimum absolute atomic E-state index is 0.0844. The number of phosphoric acid groups is 2. The van der Waals surface area contributed by atoms with Crippen molar-refractivity contribution in [2.75, 3.05) is 39.6 Å². The molecule has 4 N–H and O–H groups in total. The van der Waals surface area contributed by atoms with Gasteiger partial charge in [0.15, 0.2) is 6.10 Å². The molecule has 0 aliphatic rings. The summed E-state index contributed by atoms with van der Waals surface area (Å²) in [4.78, 5) is 58.5. The molecule has 18 heteroatoms. The number of carbonyl (C=O) groups excluding carboxylic acids is 3. The van der Waals surface area contributed by atoms with Crippen molar-refractivity contribution in [2.45, 2.75) is 322 Å². The Morgan fingerprint density at radius 1 is 0.293 bits per heavy atom. The second-order valence-electron chi connectivity index (χ2n) is 25.4. The molecule has 5 atom stereocenters. The summed E-state index contributed by atoms with van der Waals surface area (Å²) >= 11 is 0. The zero-order valence-electron chi connectivity index (χ0n) is 61.9. The Hall–Kier alpha value is -4.31. The van der Waals surface area contributed by atoms with E-state index in [1.807, 2.05) is 0 Å². The average Bonchev–Trinajstić information content (AvgIpc) is 1.38. The first kappa shape index (κ1) is 94.7. The van der Waals surface area contributed by atoms with Crippen LogP contribution in [-0.2, 0) is 55.8 Å². The highest BCUT2D eigenvalue weighted by Crippen LogP contribution is 2.45. The zero-order valence-corrected chi connectivity index (χ0v) is 63.7. The first-order chi connectivity index (χ1) is 48.2. The van der Waals surface area contributed by atoms with Gasteiger partial charge in [-0.05, 0) is 128 Å². The number of aliphatic hydroxyl groups is 2. The number of hydrogen-bond acceptors (Lipinski definition) is 14. The summed E-state index contributed by atoms with van der Waals surface area (Å²) in [7, 11) is -9.79. The Kier molecular flexibility index (Phi) is 70.2. The van der Waals surface area contributed by atoms with Gasteiger partial charge in [-0.1, -0.05) is 289 Å². The standard InChI is InChI=1S/C81H138O16P2/c1-4-7-10-13-16-19-22-25-27-29-30-31-32-33-34-35-36-37-38-39-40-41-42-43-44-46-48-50-52-55-58-61-64-67-79(84)91-70-76(82)71-93-98(87,88)94-72-77(83)73-95-99(89,90)96-75-78(97-81(86)69-66-63-60-57-54-49-24-21-18-15-12-9-6-3)74-92-80(85)68-65-62-59-56-53-51-47-45-28-26-23-20-17-14-11-8-5-2/h7-8,10-12,15-17,19-21,24-28,30-31,33-34,36-37,76-78,82-83H,4-6,9,13-14,18,22-23,29,32,35,38-75H2,1-3H3,(H,87,88)(H,89,90)/b10-7-,11-8-,15-12-,19-16-,20-17-,24-21-,27-25-,28-26-,31-30-,34-33-,37-36-. The third-order valence-corrected chi connectivity index (χ3v) is 17.7. The largest absolute Gasteiger partial charge is 0.472 e. The van der Waals surface area contributed by atoms with Crippen LogP contribution in [0.3, 0.4) is 0 Å². The van der Waals surface area contributed by atoms with Crippen LogP contribution in [0.25, 0.3) is 0 Å². The lowest BCUT2D eigenvalue weighted by Crippen LogP contribution is -2.30. The summed E-state index contributed by atoms with van der Waals surface area (Å²) in [5.41, 5.74) is 0. The van der Waals surface area contributed by atoms with Gasteiger partial charge in [0, 0.05) is 19.3 Å². The van der Waals surface area contributed by atoms with Crippen LogP contribution in [0.1, 0.15) is 303 Å². The third kappa shape index (κ3) is 74.7. The van der Waals surface area contributed by atoms with E-state index in [0.717, 1.165) is 180 Å². The highest BCUT2D eigenvalue weighted by molar-refractivity contribution is 7.47. The molecule has 0 aromatic carbocycles. The number of carbonyl (C=O) groups is 3. The number of unbranched alkanes of at least 4 members (excludes halogenated alkanes) is 27. The minimum atomic E-state index is -4.93. The normalized spacial score (nSPS) is 14.8. The van der Waals surface area contributed by atoms with Gasteiger partial charge in [0.1, 0.15) is 25.4 Å². The van der Waals surface area contributed by atoms with E-state index in [9.17, 15) is 43.5 Å². The molecule has 5 unspecified atom stereocenters. The number of phosphoric ester groups is 2. The molecule has 0 saturated carbocycles. The maximum atomic E-state index is 12.9. The Morgan fingerprint density at radius 2 is 0.535 bits per heavy atom. The lowest BCUT2D eigenvalue weighted by atomic mass is 10.0. The topological polar surface area (TPSA) is 231 Å². The molecule has 0 aromatic rings. The van der Waals surface area contributed by atoms with Crippen molar-refractivity contribution >= 4 is 33.6 Å². The molecule has 568 valence electrons. The molecule has 0 rings (SSSR count). The summed E-state index contributed by atoms with van der Waals surface area (Å²) in [5.74, 6) is -1.60. The quantitative estimate of drug-likeness (QED) is 0.0146. The van der Waals surface area contributed by atoms with E-state index in [2.05, 4.69) is 154 Å². The van der Waals surface area contributed by atoms with Crippen LogP contribution in [0.15, 0.2) is 134 Å². The van der Waals surface area contributed by atoms with Crippen LogP contribution >= 0.6 is 15.6 Å². The number of hydrogen-bond donors (Lipinski definition) is 4. The van der Waals surface area contributed by atoms with E-state index in [4.69, 9.17) is 32.3 Å². The van der Waals surface area contributed by atoms with Crippen LogP contribution < -0.4 is 0 Å². The van der Waals surface area contributed by atoms with Crippen molar-refractivity contribution in [3.8, 4) is 0 Å². The Labute approximate surface area is 601 Å². The van der Waals surface area contributed by atoms with Crippen LogP contribution in [0, 0.1) is 0 Å². The highest BCUT2D eigenvalue weighted by atomic mass is 31.2. The SMILES string of the molecule is CC/C=C\C/C=C\C/C=C\C/C=C\C/C=C\C/C=C\CCCCCCCCCCCCCCCCC(=O)OCC(O)COP(=O)(O)OCC(O)COP(=O)(O)OCC(COC(=O)CCCCCCCCC/C=C\C/C=C\C/C=C\CC)OC(=O)CCCCCCC/C=C\C/C=C\CCC. The fraction of sp³-hybridized carbons (Fsp3) is 0.691. The predicted octanol–water partition coefficient (Wildman–Crippen LogP) is 22.3. The highest BCUT2D eigenvalue weighted by Gasteiger charge is 2.29. The molecule has 0 aliphatic heterocycles. The number of ether oxygens (including phenoxy) is 3. The monoisotopic (exact) mass is 1430 g/mol. The smallest absolute Gasteiger partial charge is 0.463 e. The van der Waals surface area contributed by atoms with Crippen LogP contribution in [0.4, 0.5) is 0 Å². The molecule has 0 spiro atoms. The lowest BCUT2D eigenvalue weighted by Gasteiger charge is -2.21. The fourth-order valence-corrected chi connectivity index (χ4v) is 11.6. The van der Waals surface area contributed by atoms with E-state index in [-0.39, 0.29) is 19.3 Å². The summed E-state index contributed by atoms with van der Waals surface area (Å²) in [6.45, 7) is 2.36. The number of aliphatic hydroxyl groups excluding tert-OH is 2. The van der Waals surface area contributed by atoms with Crippen molar-refractivity contribution in [1.82, 2.24) is 0 Å². The fourth-order valence-electron chi connectivity index (χ4n) is 10.0. The van der Waals surface area contributed by atoms with Gasteiger partial charge >= 0.3 is 33.6 Å². The molecular formula is C81H138O16P2. The molecule has 16 nitrogen and oxygen atoms in total. The number of allylic oxidation sites excluding steroid dienone is 22. The molecule has 0 heterocycles. The van der Waals surface area contributed by atoms with Gasteiger partial charge in [0.05, 0.1) is 26.4 Å². The van der Waals surface area contributed by atoms with Crippen molar-refractivity contribution in [2.24, 2.45) is 0 Å². The lowest BCUT2D eigenvalue weighted by molar-refractivity contribution is -0.161. The summed E-state index contributed by atoms with van der Waals surface area (Å²) in [6, 6.07) is 0. The predicted molar refractivity (Wildman–Crippen MR) is 408 cm³/mol. The molecule has 0 bridgehead atoms. The second-order valence-corrected chi connectivity index (χ2v) is 28.3. The van der Waals surface area contributed by atoms with E-state index in [0.29, 0.717) is 19.3 Å². The summed E-state index contributed by atoms with van der Waals surface area (Å²) < 4.78 is 61.0. The van der Waals surface area contributed by atoms with E-state index in [1.54, 1.807) is 0 Å². The van der Waals surface area contributed by atoms with E-state index < -0.39 is 91.5 Å². The van der Waals surface area contributed by atoms with Crippen LogP contribution in [0.5, 0.6) is 0 Å². The Balaban J connectivity index is 4.41. The van der Waals surface area contributed by atoms with Crippen molar-refractivity contribution in [3.63, 3.8) is 0 Å². The number of esters is 3. The number of rotatable bonds is 72. The Morgan fingerprint density at radius 3 is 0.848 bits per heavy atom. The van der Waals surface area contributed by atoms with Gasteiger partial charge in [0.25, 0.3) is 0 Å². The molecule has 99 heavy (non-hydrogen) atoms. The third-order valence-electron chi connectivity index (χ3n) is 15.8. The first-order valence-electron chi connectivity index (χ1n) is 38.5. The molecule has 0 amide bonds. The maximum Gasteiger partial charge on any atom is 0.472 e. The van der Waals surface area contributed by atoms with E-state index >= 15 is 0 Å². The first-order valence-corrected chi connectivity index (χ1v) is 41.5. The van der Waals surface area contributed by atoms with Crippen molar-refractivity contribution < 1.29 is 75.8 Å². The minimum Gasteiger partial charge on any atom is -0.463 e. The second kappa shape index (κ2) is 73.4. The van der Waals surface area contributed by atoms with Crippen LogP contribution in [-0.4, -0.2) is 95.9 Å². The molecule has 0 saturated heterocycles. The van der Waals surface area contributed by atoms with Gasteiger partial charge in [-0.2, -0.15) is 0 Å². The van der Waals surface area contributed by atoms with Gasteiger partial charge in [-0.15, -0.1) is 0 Å². The van der Waals surface area contributed by atoms with Crippen molar-refractivity contribution in [3.05, 3.63) is 134 Å². The maximum absolute atomic E-state index is 12.9. The van der Waals surface area contributed by atoms with E-state index in [1.165, 1.54) is 64.2 Å². The summed E-state index contributed by atoms with van der Waals surface area (Å²) in [5, 5.41) is 20.6. The van der Waals surface area contributed by atoms with Gasteiger partial charge < -0.3 is 34.2 Å². The molecule has 0 radical (unpaired) electrons. The molecule has 0 fully saturated rings.